The molecule has 0 bridgehead atoms. The quantitative estimate of drug-likeness (QED) is 0.814. The first-order valence-corrected chi connectivity index (χ1v) is 6.57. The van der Waals surface area contributed by atoms with Crippen molar-refractivity contribution in [1.29, 1.82) is 0 Å². The van der Waals surface area contributed by atoms with Gasteiger partial charge in [-0.15, -0.1) is 0 Å². The van der Waals surface area contributed by atoms with Crippen LogP contribution in [0.3, 0.4) is 0 Å². The Kier molecular flexibility index (Phi) is 4.37. The van der Waals surface area contributed by atoms with E-state index >= 15 is 0 Å². The Bertz CT molecular complexity index is 333. The lowest BCUT2D eigenvalue weighted by Crippen LogP contribution is -2.41. The van der Waals surface area contributed by atoms with Gasteiger partial charge in [0.15, 0.2) is 0 Å². The maximum atomic E-state index is 10.9. The summed E-state index contributed by atoms with van der Waals surface area (Å²) in [4.78, 5) is 13.2. The minimum absolute atomic E-state index is 0.234. The van der Waals surface area contributed by atoms with E-state index in [4.69, 9.17) is 5.11 Å². The third-order valence-electron chi connectivity index (χ3n) is 3.62. The third-order valence-corrected chi connectivity index (χ3v) is 3.62. The first kappa shape index (κ1) is 12.4. The number of carboxylic acids is 1. The Morgan fingerprint density at radius 3 is 3.00 bits per heavy atom. The minimum Gasteiger partial charge on any atom is -0.481 e. The van der Waals surface area contributed by atoms with E-state index in [2.05, 4.69) is 23.1 Å². The molecular weight excluding hydrogens is 214 g/mol. The molecule has 3 heteroatoms. The number of rotatable bonds is 4. The molecular formula is C14H21NO2. The molecule has 1 N–H and O–H groups in total. The maximum Gasteiger partial charge on any atom is 0.304 e. The molecule has 2 rings (SSSR count). The highest BCUT2D eigenvalue weighted by Crippen LogP contribution is 2.22. The zero-order valence-electron chi connectivity index (χ0n) is 10.3. The lowest BCUT2D eigenvalue weighted by atomic mass is 9.97. The van der Waals surface area contributed by atoms with Gasteiger partial charge in [-0.05, 0) is 37.8 Å². The first-order valence-electron chi connectivity index (χ1n) is 6.57. The van der Waals surface area contributed by atoms with Crippen LogP contribution < -0.4 is 0 Å². The second kappa shape index (κ2) is 6.01. The summed E-state index contributed by atoms with van der Waals surface area (Å²) in [5.74, 6) is -0.671. The van der Waals surface area contributed by atoms with Crippen LogP contribution in [0.4, 0.5) is 0 Å². The fourth-order valence-corrected chi connectivity index (χ4v) is 2.72. The third kappa shape index (κ3) is 3.70. The number of hydrogen-bond donors (Lipinski definition) is 1. The molecule has 0 saturated carbocycles. The second-order valence-electron chi connectivity index (χ2n) is 4.98. The molecule has 17 heavy (non-hydrogen) atoms. The molecule has 0 aromatic rings. The average molecular weight is 235 g/mol. The van der Waals surface area contributed by atoms with Gasteiger partial charge in [-0.3, -0.25) is 9.69 Å². The molecule has 0 spiro atoms. The molecule has 2 aliphatic rings. The largest absolute Gasteiger partial charge is 0.481 e. The first-order chi connectivity index (χ1) is 8.25. The highest BCUT2D eigenvalue weighted by molar-refractivity contribution is 5.67. The number of allylic oxidation sites excluding steroid dienone is 2. The summed E-state index contributed by atoms with van der Waals surface area (Å²) in [6.45, 7) is 1.97. The molecule has 1 atom stereocenters. The summed E-state index contributed by atoms with van der Waals surface area (Å²) in [6, 6.07) is 0.234. The summed E-state index contributed by atoms with van der Waals surface area (Å²) >= 11 is 0. The second-order valence-corrected chi connectivity index (χ2v) is 4.98. The molecule has 1 aliphatic carbocycles. The summed E-state index contributed by atoms with van der Waals surface area (Å²) in [6.07, 6.45) is 12.6. The Hall–Kier alpha value is -1.09. The topological polar surface area (TPSA) is 40.5 Å². The lowest BCUT2D eigenvalue weighted by Gasteiger charge is -2.35. The van der Waals surface area contributed by atoms with Crippen LogP contribution in [0.2, 0.25) is 0 Å². The normalized spacial score (nSPS) is 25.6. The van der Waals surface area contributed by atoms with Crippen molar-refractivity contribution in [2.75, 3.05) is 13.1 Å². The van der Waals surface area contributed by atoms with Crippen molar-refractivity contribution in [1.82, 2.24) is 4.90 Å². The fraction of sp³-hybridized carbons (Fsp3) is 0.643. The van der Waals surface area contributed by atoms with E-state index in [0.29, 0.717) is 0 Å². The van der Waals surface area contributed by atoms with Crippen LogP contribution in [-0.2, 0) is 4.79 Å². The van der Waals surface area contributed by atoms with Gasteiger partial charge >= 0.3 is 5.97 Å². The van der Waals surface area contributed by atoms with Gasteiger partial charge in [0.1, 0.15) is 0 Å². The Morgan fingerprint density at radius 1 is 1.41 bits per heavy atom. The number of likely N-dealkylation sites (tertiary alicyclic amines) is 1. The van der Waals surface area contributed by atoms with E-state index in [1.165, 1.54) is 18.4 Å². The molecule has 1 saturated heterocycles. The Labute approximate surface area is 103 Å². The molecule has 0 amide bonds. The van der Waals surface area contributed by atoms with Crippen LogP contribution in [-0.4, -0.2) is 35.1 Å². The van der Waals surface area contributed by atoms with Gasteiger partial charge in [0.2, 0.25) is 0 Å². The zero-order valence-corrected chi connectivity index (χ0v) is 10.3. The smallest absolute Gasteiger partial charge is 0.304 e. The lowest BCUT2D eigenvalue weighted by molar-refractivity contribution is -0.138. The van der Waals surface area contributed by atoms with E-state index < -0.39 is 5.97 Å². The average Bonchev–Trinajstić information content (AvgIpc) is 2.32. The van der Waals surface area contributed by atoms with Crippen LogP contribution in [0.15, 0.2) is 23.8 Å². The molecule has 3 nitrogen and oxygen atoms in total. The summed E-state index contributed by atoms with van der Waals surface area (Å²) in [5.41, 5.74) is 1.36. The monoisotopic (exact) mass is 235 g/mol. The summed E-state index contributed by atoms with van der Waals surface area (Å²) < 4.78 is 0. The van der Waals surface area contributed by atoms with Crippen LogP contribution in [0.5, 0.6) is 0 Å². The predicted octanol–water partition coefficient (Wildman–Crippen LogP) is 2.59. The molecule has 0 radical (unpaired) electrons. The van der Waals surface area contributed by atoms with Gasteiger partial charge in [-0.25, -0.2) is 0 Å². The van der Waals surface area contributed by atoms with E-state index in [0.717, 1.165) is 32.4 Å². The maximum absolute atomic E-state index is 10.9. The van der Waals surface area contributed by atoms with Gasteiger partial charge in [-0.1, -0.05) is 24.6 Å². The zero-order chi connectivity index (χ0) is 12.1. The number of piperidine rings is 1. The SMILES string of the molecule is O=C(O)CC1CCCCN1CC1=CCCC=C1. The van der Waals surface area contributed by atoms with Crippen LogP contribution >= 0.6 is 0 Å². The number of hydrogen-bond acceptors (Lipinski definition) is 2. The van der Waals surface area contributed by atoms with Gasteiger partial charge in [0, 0.05) is 12.6 Å². The van der Waals surface area contributed by atoms with E-state index in [1.807, 2.05) is 0 Å². The highest BCUT2D eigenvalue weighted by Gasteiger charge is 2.24. The van der Waals surface area contributed by atoms with Crippen molar-refractivity contribution < 1.29 is 9.90 Å². The van der Waals surface area contributed by atoms with Gasteiger partial charge in [0.25, 0.3) is 0 Å². The van der Waals surface area contributed by atoms with Crippen molar-refractivity contribution in [2.24, 2.45) is 0 Å². The number of aliphatic carboxylic acids is 1. The van der Waals surface area contributed by atoms with Gasteiger partial charge in [-0.2, -0.15) is 0 Å². The van der Waals surface area contributed by atoms with E-state index in [1.54, 1.807) is 0 Å². The van der Waals surface area contributed by atoms with Gasteiger partial charge < -0.3 is 5.11 Å². The minimum atomic E-state index is -0.671. The highest BCUT2D eigenvalue weighted by atomic mass is 16.4. The molecule has 1 unspecified atom stereocenters. The predicted molar refractivity (Wildman–Crippen MR) is 67.9 cm³/mol. The molecule has 0 aromatic heterocycles. The van der Waals surface area contributed by atoms with Crippen LogP contribution in [0, 0.1) is 0 Å². The molecule has 1 heterocycles. The molecule has 1 aliphatic heterocycles. The Balaban J connectivity index is 1.93. The van der Waals surface area contributed by atoms with E-state index in [9.17, 15) is 4.79 Å². The van der Waals surface area contributed by atoms with Crippen molar-refractivity contribution in [3.05, 3.63) is 23.8 Å². The number of nitrogens with zero attached hydrogens (tertiary/aromatic N) is 1. The van der Waals surface area contributed by atoms with Crippen molar-refractivity contribution >= 4 is 5.97 Å². The molecule has 94 valence electrons. The summed E-state index contributed by atoms with van der Waals surface area (Å²) in [7, 11) is 0. The van der Waals surface area contributed by atoms with Crippen molar-refractivity contribution in [3.63, 3.8) is 0 Å². The van der Waals surface area contributed by atoms with Crippen LogP contribution in [0.1, 0.15) is 38.5 Å². The van der Waals surface area contributed by atoms with Crippen molar-refractivity contribution in [3.8, 4) is 0 Å². The standard InChI is InChI=1S/C14H21NO2/c16-14(17)10-13-8-4-5-9-15(13)11-12-6-2-1-3-7-12/h2,6-7,13H,1,3-5,8-11H2,(H,16,17). The fourth-order valence-electron chi connectivity index (χ4n) is 2.72. The molecule has 0 aromatic carbocycles. The van der Waals surface area contributed by atoms with Gasteiger partial charge in [0.05, 0.1) is 6.42 Å². The van der Waals surface area contributed by atoms with Crippen molar-refractivity contribution in [2.45, 2.75) is 44.6 Å². The molecule has 1 fully saturated rings. The van der Waals surface area contributed by atoms with E-state index in [-0.39, 0.29) is 12.5 Å². The summed E-state index contributed by atoms with van der Waals surface area (Å²) in [5, 5.41) is 8.93. The Morgan fingerprint density at radius 2 is 2.29 bits per heavy atom. The van der Waals surface area contributed by atoms with Crippen LogP contribution in [0.25, 0.3) is 0 Å². The number of carboxylic acid groups (broad SMARTS) is 1. The number of carbonyl (C=O) groups is 1.